The van der Waals surface area contributed by atoms with Gasteiger partial charge in [-0.25, -0.2) is 14.4 Å². The van der Waals surface area contributed by atoms with Gasteiger partial charge in [0.15, 0.2) is 0 Å². The molecular weight excluding hydrogens is 642 g/mol. The summed E-state index contributed by atoms with van der Waals surface area (Å²) in [7, 11) is 0. The lowest BCUT2D eigenvalue weighted by atomic mass is 9.92. The molecule has 50 heavy (non-hydrogen) atoms. The van der Waals surface area contributed by atoms with Crippen LogP contribution in [0.25, 0.3) is 0 Å². The Morgan fingerprint density at radius 2 is 1.28 bits per heavy atom. The number of likely N-dealkylation sites (tertiary alicyclic amines) is 1. The van der Waals surface area contributed by atoms with Gasteiger partial charge < -0.3 is 29.3 Å². The minimum atomic E-state index is -0.469. The van der Waals surface area contributed by atoms with Crippen molar-refractivity contribution in [1.29, 1.82) is 0 Å². The third-order valence-electron chi connectivity index (χ3n) is 8.59. The first-order valence-corrected chi connectivity index (χ1v) is 17.4. The maximum atomic E-state index is 12.5. The van der Waals surface area contributed by atoms with E-state index in [4.69, 9.17) is 14.2 Å². The van der Waals surface area contributed by atoms with E-state index in [1.807, 2.05) is 86.3 Å². The van der Waals surface area contributed by atoms with Crippen LogP contribution in [0.1, 0.15) is 57.6 Å². The molecule has 0 radical (unpaired) electrons. The van der Waals surface area contributed by atoms with Crippen LogP contribution in [0.5, 0.6) is 0 Å². The van der Waals surface area contributed by atoms with Crippen molar-refractivity contribution in [3.05, 3.63) is 71.8 Å². The first-order chi connectivity index (χ1) is 24.0. The molecule has 272 valence electrons. The molecule has 0 bridgehead atoms. The fourth-order valence-electron chi connectivity index (χ4n) is 5.82. The Kier molecular flexibility index (Phi) is 14.3. The quantitative estimate of drug-likeness (QED) is 0.395. The second-order valence-electron chi connectivity index (χ2n) is 13.7. The molecule has 5 rings (SSSR count). The summed E-state index contributed by atoms with van der Waals surface area (Å²) < 4.78 is 15.9. The van der Waals surface area contributed by atoms with E-state index in [9.17, 15) is 24.0 Å². The summed E-state index contributed by atoms with van der Waals surface area (Å²) >= 11 is 0. The number of nitrogens with zero attached hydrogens (tertiary/aromatic N) is 4. The van der Waals surface area contributed by atoms with Gasteiger partial charge in [0.2, 0.25) is 11.8 Å². The first kappa shape index (κ1) is 38.0. The highest BCUT2D eigenvalue weighted by Gasteiger charge is 2.29. The summed E-state index contributed by atoms with van der Waals surface area (Å²) in [6.45, 7) is 10.4. The Morgan fingerprint density at radius 1 is 0.720 bits per heavy atom. The van der Waals surface area contributed by atoms with Crippen molar-refractivity contribution >= 4 is 30.1 Å². The van der Waals surface area contributed by atoms with Crippen molar-refractivity contribution in [2.75, 3.05) is 58.9 Å². The van der Waals surface area contributed by atoms with Crippen molar-refractivity contribution in [2.45, 2.75) is 65.3 Å². The monoisotopic (exact) mass is 693 g/mol. The summed E-state index contributed by atoms with van der Waals surface area (Å²) in [5.41, 5.74) is 1.39. The summed E-state index contributed by atoms with van der Waals surface area (Å²) in [5, 5.41) is 2.65. The molecular formula is C37H51N5O8. The Hall–Kier alpha value is -4.81. The van der Waals surface area contributed by atoms with Gasteiger partial charge in [0.05, 0.1) is 0 Å². The van der Waals surface area contributed by atoms with Crippen molar-refractivity contribution in [1.82, 2.24) is 24.9 Å². The lowest BCUT2D eigenvalue weighted by Gasteiger charge is -2.35. The maximum Gasteiger partial charge on any atom is 0.410 e. The molecule has 0 aliphatic carbocycles. The molecule has 3 aliphatic heterocycles. The number of rotatable bonds is 8. The smallest absolute Gasteiger partial charge is 0.410 e. The Labute approximate surface area is 294 Å². The molecule has 3 fully saturated rings. The molecule has 0 spiro atoms. The fraction of sp³-hybridized carbons (Fsp3) is 0.541. The van der Waals surface area contributed by atoms with Gasteiger partial charge in [-0.1, -0.05) is 60.7 Å². The van der Waals surface area contributed by atoms with Gasteiger partial charge in [-0.05, 0) is 63.5 Å². The normalized spacial score (nSPS) is 16.9. The predicted octanol–water partition coefficient (Wildman–Crippen LogP) is 4.65. The molecule has 0 aromatic heterocycles. The lowest BCUT2D eigenvalue weighted by molar-refractivity contribution is -0.135. The minimum Gasteiger partial charge on any atom is -0.445 e. The van der Waals surface area contributed by atoms with Crippen LogP contribution in [-0.2, 0) is 37.0 Å². The third kappa shape index (κ3) is 12.9. The maximum absolute atomic E-state index is 12.5. The number of ether oxygens (including phenoxy) is 3. The van der Waals surface area contributed by atoms with Crippen LogP contribution in [0.4, 0.5) is 14.4 Å². The van der Waals surface area contributed by atoms with Gasteiger partial charge in [0, 0.05) is 45.8 Å². The highest BCUT2D eigenvalue weighted by Crippen LogP contribution is 2.24. The van der Waals surface area contributed by atoms with E-state index in [2.05, 4.69) is 5.32 Å². The third-order valence-corrected chi connectivity index (χ3v) is 8.59. The first-order valence-electron chi connectivity index (χ1n) is 17.4. The number of piperazine rings is 2. The van der Waals surface area contributed by atoms with Crippen molar-refractivity contribution < 1.29 is 38.2 Å². The predicted molar refractivity (Wildman–Crippen MR) is 186 cm³/mol. The van der Waals surface area contributed by atoms with E-state index >= 15 is 0 Å². The van der Waals surface area contributed by atoms with E-state index in [0.717, 1.165) is 49.9 Å². The zero-order valence-electron chi connectivity index (χ0n) is 29.5. The lowest BCUT2D eigenvalue weighted by Crippen LogP contribution is -2.52. The topological polar surface area (TPSA) is 138 Å². The fourth-order valence-corrected chi connectivity index (χ4v) is 5.82. The van der Waals surface area contributed by atoms with Crippen LogP contribution in [0.15, 0.2) is 60.7 Å². The summed E-state index contributed by atoms with van der Waals surface area (Å²) in [6.07, 6.45) is 2.79. The van der Waals surface area contributed by atoms with E-state index in [-0.39, 0.29) is 44.2 Å². The van der Waals surface area contributed by atoms with Gasteiger partial charge in [0.1, 0.15) is 31.9 Å². The zero-order valence-corrected chi connectivity index (χ0v) is 29.5. The van der Waals surface area contributed by atoms with Crippen molar-refractivity contribution in [3.63, 3.8) is 0 Å². The van der Waals surface area contributed by atoms with E-state index in [0.29, 0.717) is 38.6 Å². The van der Waals surface area contributed by atoms with Crippen LogP contribution in [0.3, 0.4) is 0 Å². The highest BCUT2D eigenvalue weighted by atomic mass is 16.6. The van der Waals surface area contributed by atoms with Gasteiger partial charge in [0.25, 0.3) is 0 Å². The van der Waals surface area contributed by atoms with Crippen molar-refractivity contribution in [2.24, 2.45) is 5.92 Å². The number of benzene rings is 2. The zero-order chi connectivity index (χ0) is 35.9. The molecule has 0 atom stereocenters. The average molecular weight is 694 g/mol. The molecule has 2 aromatic carbocycles. The second-order valence-corrected chi connectivity index (χ2v) is 13.7. The Morgan fingerprint density at radius 3 is 1.80 bits per heavy atom. The van der Waals surface area contributed by atoms with E-state index in [1.54, 1.807) is 4.90 Å². The van der Waals surface area contributed by atoms with E-state index in [1.165, 1.54) is 9.80 Å². The molecule has 2 aromatic rings. The van der Waals surface area contributed by atoms with Crippen LogP contribution in [-0.4, -0.2) is 114 Å². The minimum absolute atomic E-state index is 0.0299. The van der Waals surface area contributed by atoms with Gasteiger partial charge in [-0.2, -0.15) is 0 Å². The Bertz CT molecular complexity index is 1410. The molecule has 3 saturated heterocycles. The van der Waals surface area contributed by atoms with Crippen LogP contribution in [0, 0.1) is 5.92 Å². The molecule has 13 nitrogen and oxygen atoms in total. The summed E-state index contributed by atoms with van der Waals surface area (Å²) in [6, 6.07) is 19.0. The summed E-state index contributed by atoms with van der Waals surface area (Å²) in [5.74, 6) is 0.388. The Balaban J connectivity index is 0.000000276. The number of hydrogen-bond acceptors (Lipinski definition) is 8. The standard InChI is InChI=1S/C25H37N3O5.C12H14N2O3/c1-25(2,3)33-24(31)27-14-11-20(12-15-27)10-7-13-26-16-17-28(18-22(26)29)23(30)32-19-21-8-5-4-6-9-21;15-11-8-14(7-6-13-11)12(16)17-9-10-4-2-1-3-5-10/h4-6,8-9,20H,7,10-19H2,1-3H3;1-5H,6-9H2,(H,13,15). The molecule has 0 saturated carbocycles. The number of amides is 5. The molecule has 3 aliphatic rings. The number of piperidine rings is 1. The highest BCUT2D eigenvalue weighted by molar-refractivity contribution is 5.84. The van der Waals surface area contributed by atoms with Crippen LogP contribution >= 0.6 is 0 Å². The largest absolute Gasteiger partial charge is 0.445 e. The van der Waals surface area contributed by atoms with Gasteiger partial charge in [-0.15, -0.1) is 0 Å². The molecule has 5 amide bonds. The molecule has 1 N–H and O–H groups in total. The summed E-state index contributed by atoms with van der Waals surface area (Å²) in [4.78, 5) is 66.2. The SMILES string of the molecule is CC(C)(C)OC(=O)N1CCC(CCCN2CCN(C(=O)OCc3ccccc3)CC2=O)CC1.O=C1CN(C(=O)OCc2ccccc2)CCN1. The number of nitrogens with one attached hydrogen (secondary N) is 1. The molecule has 3 heterocycles. The van der Waals surface area contributed by atoms with Crippen molar-refractivity contribution in [3.8, 4) is 0 Å². The molecule has 13 heteroatoms. The number of carbonyl (C=O) groups excluding carboxylic acids is 5. The number of carbonyl (C=O) groups is 5. The molecule has 0 unspecified atom stereocenters. The van der Waals surface area contributed by atoms with E-state index < -0.39 is 17.8 Å². The van der Waals surface area contributed by atoms with Gasteiger partial charge in [-0.3, -0.25) is 19.4 Å². The number of hydrogen-bond donors (Lipinski definition) is 1. The average Bonchev–Trinajstić information content (AvgIpc) is 3.11. The second kappa shape index (κ2) is 18.8. The van der Waals surface area contributed by atoms with Gasteiger partial charge >= 0.3 is 18.3 Å². The van der Waals surface area contributed by atoms with Crippen LogP contribution in [0.2, 0.25) is 0 Å². The van der Waals surface area contributed by atoms with Crippen LogP contribution < -0.4 is 5.32 Å².